The molecule has 1 saturated carbocycles. The maximum absolute atomic E-state index is 11.7. The van der Waals surface area contributed by atoms with Gasteiger partial charge in [0.05, 0.1) is 5.41 Å². The van der Waals surface area contributed by atoms with Crippen molar-refractivity contribution < 1.29 is 4.79 Å². The van der Waals surface area contributed by atoms with Crippen LogP contribution in [0.3, 0.4) is 0 Å². The number of pyridine rings is 1. The van der Waals surface area contributed by atoms with Crippen molar-refractivity contribution in [3.05, 3.63) is 24.5 Å². The number of amides is 1. The number of anilines is 1. The van der Waals surface area contributed by atoms with Gasteiger partial charge in [-0.15, -0.1) is 0 Å². The number of aromatic nitrogens is 1. The Morgan fingerprint density at radius 1 is 1.50 bits per heavy atom. The zero-order valence-electron chi connectivity index (χ0n) is 7.86. The minimum atomic E-state index is -0.288. The lowest BCUT2D eigenvalue weighted by molar-refractivity contribution is -0.120. The smallest absolute Gasteiger partial charge is 0.231 e. The van der Waals surface area contributed by atoms with E-state index in [4.69, 9.17) is 5.73 Å². The summed E-state index contributed by atoms with van der Waals surface area (Å²) < 4.78 is 0. The van der Waals surface area contributed by atoms with Crippen LogP contribution in [0.2, 0.25) is 0 Å². The molecular formula is C10H13N3O. The summed E-state index contributed by atoms with van der Waals surface area (Å²) >= 11 is 0. The largest absolute Gasteiger partial charge is 0.329 e. The second kappa shape index (κ2) is 3.38. The first-order valence-electron chi connectivity index (χ1n) is 4.68. The predicted octanol–water partition coefficient (Wildman–Crippen LogP) is 0.759. The third kappa shape index (κ3) is 1.61. The molecule has 0 aliphatic heterocycles. The van der Waals surface area contributed by atoms with Gasteiger partial charge >= 0.3 is 0 Å². The Morgan fingerprint density at radius 2 is 2.14 bits per heavy atom. The normalized spacial score (nSPS) is 17.5. The monoisotopic (exact) mass is 191 g/mol. The van der Waals surface area contributed by atoms with E-state index in [0.717, 1.165) is 18.5 Å². The van der Waals surface area contributed by atoms with Crippen molar-refractivity contribution in [2.75, 3.05) is 11.9 Å². The number of carbonyl (C=O) groups excluding carboxylic acids is 1. The van der Waals surface area contributed by atoms with Gasteiger partial charge in [-0.1, -0.05) is 0 Å². The number of nitrogens with one attached hydrogen (secondary N) is 1. The van der Waals surface area contributed by atoms with E-state index in [2.05, 4.69) is 10.3 Å². The standard InChI is InChI=1S/C10H13N3O/c11-7-10(3-4-10)9(14)13-8-1-5-12-6-2-8/h1-2,5-6H,3-4,7,11H2,(H,12,13,14). The first-order chi connectivity index (χ1) is 6.77. The number of hydrogen-bond acceptors (Lipinski definition) is 3. The summed E-state index contributed by atoms with van der Waals surface area (Å²) in [5.41, 5.74) is 6.04. The van der Waals surface area contributed by atoms with E-state index in [1.807, 2.05) is 0 Å². The lowest BCUT2D eigenvalue weighted by Crippen LogP contribution is -2.30. The van der Waals surface area contributed by atoms with Gasteiger partial charge in [-0.25, -0.2) is 0 Å². The van der Waals surface area contributed by atoms with Crippen molar-refractivity contribution in [1.82, 2.24) is 4.98 Å². The van der Waals surface area contributed by atoms with Gasteiger partial charge in [0.25, 0.3) is 0 Å². The van der Waals surface area contributed by atoms with Crippen molar-refractivity contribution in [2.45, 2.75) is 12.8 Å². The van der Waals surface area contributed by atoms with Crippen molar-refractivity contribution >= 4 is 11.6 Å². The SMILES string of the molecule is NCC1(C(=O)Nc2ccncc2)CC1. The molecule has 1 aliphatic carbocycles. The minimum absolute atomic E-state index is 0.0335. The summed E-state index contributed by atoms with van der Waals surface area (Å²) in [5, 5.41) is 2.84. The summed E-state index contributed by atoms with van der Waals surface area (Å²) in [6.07, 6.45) is 5.11. The molecule has 1 aliphatic rings. The molecule has 3 N–H and O–H groups in total. The van der Waals surface area contributed by atoms with E-state index in [0.29, 0.717) is 6.54 Å². The molecule has 2 rings (SSSR count). The molecule has 0 bridgehead atoms. The van der Waals surface area contributed by atoms with E-state index < -0.39 is 0 Å². The molecule has 74 valence electrons. The van der Waals surface area contributed by atoms with Crippen LogP contribution in [0, 0.1) is 5.41 Å². The number of nitrogens with zero attached hydrogens (tertiary/aromatic N) is 1. The van der Waals surface area contributed by atoms with E-state index in [9.17, 15) is 4.79 Å². The van der Waals surface area contributed by atoms with E-state index in [1.165, 1.54) is 0 Å². The van der Waals surface area contributed by atoms with Gasteiger partial charge in [-0.2, -0.15) is 0 Å². The van der Waals surface area contributed by atoms with Crippen LogP contribution in [0.1, 0.15) is 12.8 Å². The molecule has 14 heavy (non-hydrogen) atoms. The molecular weight excluding hydrogens is 178 g/mol. The van der Waals surface area contributed by atoms with Crippen molar-refractivity contribution in [2.24, 2.45) is 11.1 Å². The summed E-state index contributed by atoms with van der Waals surface area (Å²) in [6.45, 7) is 0.434. The highest BCUT2D eigenvalue weighted by molar-refractivity contribution is 5.97. The van der Waals surface area contributed by atoms with Crippen molar-refractivity contribution in [3.63, 3.8) is 0 Å². The maximum Gasteiger partial charge on any atom is 0.231 e. The summed E-state index contributed by atoms with van der Waals surface area (Å²) in [6, 6.07) is 3.54. The third-order valence-electron chi connectivity index (χ3n) is 2.66. The van der Waals surface area contributed by atoms with Gasteiger partial charge in [0.1, 0.15) is 0 Å². The number of carbonyl (C=O) groups is 1. The predicted molar refractivity (Wildman–Crippen MR) is 53.6 cm³/mol. The second-order valence-corrected chi connectivity index (χ2v) is 3.67. The topological polar surface area (TPSA) is 68.0 Å². The fourth-order valence-electron chi connectivity index (χ4n) is 1.37. The van der Waals surface area contributed by atoms with Gasteiger partial charge < -0.3 is 11.1 Å². The van der Waals surface area contributed by atoms with Crippen LogP contribution in [-0.2, 0) is 4.79 Å². The summed E-state index contributed by atoms with van der Waals surface area (Å²) in [4.78, 5) is 15.6. The molecule has 1 amide bonds. The lowest BCUT2D eigenvalue weighted by atomic mass is 10.1. The first kappa shape index (κ1) is 9.15. The molecule has 0 unspecified atom stereocenters. The van der Waals surface area contributed by atoms with Crippen LogP contribution in [0.25, 0.3) is 0 Å². The van der Waals surface area contributed by atoms with Crippen LogP contribution >= 0.6 is 0 Å². The van der Waals surface area contributed by atoms with E-state index in [-0.39, 0.29) is 11.3 Å². The molecule has 4 nitrogen and oxygen atoms in total. The number of rotatable bonds is 3. The highest BCUT2D eigenvalue weighted by Gasteiger charge is 2.48. The van der Waals surface area contributed by atoms with E-state index in [1.54, 1.807) is 24.5 Å². The quantitative estimate of drug-likeness (QED) is 0.741. The van der Waals surface area contributed by atoms with Crippen LogP contribution in [0.4, 0.5) is 5.69 Å². The Bertz CT molecular complexity index is 332. The molecule has 0 atom stereocenters. The molecule has 0 radical (unpaired) electrons. The molecule has 1 aromatic heterocycles. The van der Waals surface area contributed by atoms with Gasteiger partial charge in [-0.05, 0) is 25.0 Å². The molecule has 4 heteroatoms. The summed E-state index contributed by atoms with van der Waals surface area (Å²) in [5.74, 6) is 0.0335. The highest BCUT2D eigenvalue weighted by atomic mass is 16.2. The number of hydrogen-bond donors (Lipinski definition) is 2. The van der Waals surface area contributed by atoms with Gasteiger partial charge in [0.2, 0.25) is 5.91 Å². The Morgan fingerprint density at radius 3 is 2.64 bits per heavy atom. The molecule has 0 saturated heterocycles. The van der Waals surface area contributed by atoms with Crippen molar-refractivity contribution in [3.8, 4) is 0 Å². The molecule has 1 heterocycles. The Balaban J connectivity index is 2.02. The second-order valence-electron chi connectivity index (χ2n) is 3.67. The average molecular weight is 191 g/mol. The fraction of sp³-hybridized carbons (Fsp3) is 0.400. The molecule has 0 spiro atoms. The Kier molecular flexibility index (Phi) is 2.21. The molecule has 0 aromatic carbocycles. The zero-order chi connectivity index (χ0) is 10.0. The fourth-order valence-corrected chi connectivity index (χ4v) is 1.37. The summed E-state index contributed by atoms with van der Waals surface area (Å²) in [7, 11) is 0. The zero-order valence-corrected chi connectivity index (χ0v) is 7.86. The van der Waals surface area contributed by atoms with Gasteiger partial charge in [-0.3, -0.25) is 9.78 Å². The third-order valence-corrected chi connectivity index (χ3v) is 2.66. The van der Waals surface area contributed by atoms with E-state index >= 15 is 0 Å². The molecule has 1 aromatic rings. The highest BCUT2D eigenvalue weighted by Crippen LogP contribution is 2.45. The maximum atomic E-state index is 11.7. The minimum Gasteiger partial charge on any atom is -0.329 e. The Hall–Kier alpha value is -1.42. The van der Waals surface area contributed by atoms with Gasteiger partial charge in [0, 0.05) is 24.6 Å². The van der Waals surface area contributed by atoms with Crippen LogP contribution in [-0.4, -0.2) is 17.4 Å². The molecule has 1 fully saturated rings. The number of nitrogens with two attached hydrogens (primary N) is 1. The lowest BCUT2D eigenvalue weighted by Gasteiger charge is -2.12. The van der Waals surface area contributed by atoms with Crippen LogP contribution in [0.15, 0.2) is 24.5 Å². The Labute approximate surface area is 82.5 Å². The van der Waals surface area contributed by atoms with Gasteiger partial charge in [0.15, 0.2) is 0 Å². The van der Waals surface area contributed by atoms with Crippen molar-refractivity contribution in [1.29, 1.82) is 0 Å². The van der Waals surface area contributed by atoms with Crippen LogP contribution in [0.5, 0.6) is 0 Å². The average Bonchev–Trinajstić information content (AvgIpc) is 3.00. The first-order valence-corrected chi connectivity index (χ1v) is 4.68. The van der Waals surface area contributed by atoms with Crippen LogP contribution < -0.4 is 11.1 Å².